The molecule has 1 heterocycles. The fourth-order valence-electron chi connectivity index (χ4n) is 3.08. The number of hydrogen-bond donors (Lipinski definition) is 2. The highest BCUT2D eigenvalue weighted by Crippen LogP contribution is 2.42. The fourth-order valence-corrected chi connectivity index (χ4v) is 3.35. The SMILES string of the molecule is CC1OC(C)C(C(NN)c2c(Cl)ccc(F)c2F)C1C. The summed E-state index contributed by atoms with van der Waals surface area (Å²) in [6, 6.07) is 1.75. The van der Waals surface area contributed by atoms with Gasteiger partial charge in [-0.3, -0.25) is 11.3 Å². The van der Waals surface area contributed by atoms with Gasteiger partial charge in [-0.05, 0) is 31.9 Å². The highest BCUT2D eigenvalue weighted by molar-refractivity contribution is 6.31. The van der Waals surface area contributed by atoms with Gasteiger partial charge >= 0.3 is 0 Å². The zero-order valence-corrected chi connectivity index (χ0v) is 12.4. The molecule has 0 aromatic heterocycles. The predicted molar refractivity (Wildman–Crippen MR) is 74.1 cm³/mol. The smallest absolute Gasteiger partial charge is 0.165 e. The van der Waals surface area contributed by atoms with Crippen molar-refractivity contribution in [3.05, 3.63) is 34.4 Å². The maximum Gasteiger partial charge on any atom is 0.165 e. The van der Waals surface area contributed by atoms with Crippen molar-refractivity contribution < 1.29 is 13.5 Å². The van der Waals surface area contributed by atoms with Gasteiger partial charge < -0.3 is 4.74 Å². The molecule has 1 fully saturated rings. The molecule has 0 radical (unpaired) electrons. The minimum atomic E-state index is -0.959. The predicted octanol–water partition coefficient (Wildman–Crippen LogP) is 3.18. The maximum absolute atomic E-state index is 14.1. The third kappa shape index (κ3) is 2.55. The van der Waals surface area contributed by atoms with E-state index in [0.29, 0.717) is 0 Å². The zero-order chi connectivity index (χ0) is 15.0. The molecule has 3 nitrogen and oxygen atoms in total. The van der Waals surface area contributed by atoms with E-state index in [1.54, 1.807) is 0 Å². The number of hydrazine groups is 1. The summed E-state index contributed by atoms with van der Waals surface area (Å²) in [4.78, 5) is 0. The van der Waals surface area contributed by atoms with Gasteiger partial charge in [0.25, 0.3) is 0 Å². The highest BCUT2D eigenvalue weighted by atomic mass is 35.5. The Kier molecular flexibility index (Phi) is 4.64. The summed E-state index contributed by atoms with van der Waals surface area (Å²) in [5.41, 5.74) is 2.64. The number of benzene rings is 1. The molecular weight excluding hydrogens is 286 g/mol. The van der Waals surface area contributed by atoms with Crippen LogP contribution < -0.4 is 11.3 Å². The lowest BCUT2D eigenvalue weighted by atomic mass is 9.80. The molecule has 1 saturated heterocycles. The largest absolute Gasteiger partial charge is 0.375 e. The summed E-state index contributed by atoms with van der Waals surface area (Å²) in [6.07, 6.45) is -0.0963. The molecule has 1 aliphatic rings. The molecule has 20 heavy (non-hydrogen) atoms. The van der Waals surface area contributed by atoms with Gasteiger partial charge in [-0.25, -0.2) is 8.78 Å². The molecule has 112 valence electrons. The molecule has 5 atom stereocenters. The Morgan fingerprint density at radius 2 is 1.90 bits per heavy atom. The first-order chi connectivity index (χ1) is 9.38. The van der Waals surface area contributed by atoms with Crippen LogP contribution in [0, 0.1) is 23.5 Å². The number of hydrogen-bond acceptors (Lipinski definition) is 3. The van der Waals surface area contributed by atoms with Crippen molar-refractivity contribution in [2.75, 3.05) is 0 Å². The van der Waals surface area contributed by atoms with Gasteiger partial charge in [0, 0.05) is 16.5 Å². The van der Waals surface area contributed by atoms with Crippen LogP contribution in [-0.2, 0) is 4.74 Å². The monoisotopic (exact) mass is 304 g/mol. The molecular formula is C14H19ClF2N2O. The summed E-state index contributed by atoms with van der Waals surface area (Å²) < 4.78 is 33.3. The first-order valence-corrected chi connectivity index (χ1v) is 7.01. The Morgan fingerprint density at radius 1 is 1.25 bits per heavy atom. The lowest BCUT2D eigenvalue weighted by Crippen LogP contribution is -2.39. The Balaban J connectivity index is 2.46. The van der Waals surface area contributed by atoms with Crippen LogP contribution >= 0.6 is 11.6 Å². The van der Waals surface area contributed by atoms with Crippen LogP contribution in [0.4, 0.5) is 8.78 Å². The first kappa shape index (κ1) is 15.6. The molecule has 1 aromatic rings. The van der Waals surface area contributed by atoms with E-state index in [4.69, 9.17) is 22.2 Å². The van der Waals surface area contributed by atoms with E-state index >= 15 is 0 Å². The zero-order valence-electron chi connectivity index (χ0n) is 11.7. The van der Waals surface area contributed by atoms with Gasteiger partial charge in [0.2, 0.25) is 0 Å². The van der Waals surface area contributed by atoms with Gasteiger partial charge in [-0.1, -0.05) is 18.5 Å². The van der Waals surface area contributed by atoms with Gasteiger partial charge in [0.1, 0.15) is 0 Å². The topological polar surface area (TPSA) is 47.3 Å². The van der Waals surface area contributed by atoms with Crippen molar-refractivity contribution in [3.63, 3.8) is 0 Å². The van der Waals surface area contributed by atoms with Crippen LogP contribution in [0.5, 0.6) is 0 Å². The van der Waals surface area contributed by atoms with E-state index in [1.165, 1.54) is 6.07 Å². The molecule has 0 amide bonds. The maximum atomic E-state index is 14.1. The van der Waals surface area contributed by atoms with Crippen molar-refractivity contribution >= 4 is 11.6 Å². The molecule has 3 N–H and O–H groups in total. The van der Waals surface area contributed by atoms with Crippen molar-refractivity contribution in [2.45, 2.75) is 39.0 Å². The molecule has 1 aromatic carbocycles. The summed E-state index contributed by atoms with van der Waals surface area (Å²) in [7, 11) is 0. The summed E-state index contributed by atoms with van der Waals surface area (Å²) in [5.74, 6) is 3.75. The van der Waals surface area contributed by atoms with E-state index in [1.807, 2.05) is 20.8 Å². The number of nitrogens with one attached hydrogen (secondary N) is 1. The summed E-state index contributed by atoms with van der Waals surface area (Å²) in [5, 5.41) is 0.158. The lowest BCUT2D eigenvalue weighted by Gasteiger charge is -2.29. The van der Waals surface area contributed by atoms with Gasteiger partial charge in [0.15, 0.2) is 11.6 Å². The van der Waals surface area contributed by atoms with E-state index in [2.05, 4.69) is 5.43 Å². The number of ether oxygens (including phenoxy) is 1. The van der Waals surface area contributed by atoms with Gasteiger partial charge in [-0.15, -0.1) is 0 Å². The molecule has 1 aliphatic heterocycles. The second-order valence-electron chi connectivity index (χ2n) is 5.38. The van der Waals surface area contributed by atoms with E-state index in [0.717, 1.165) is 6.07 Å². The standard InChI is InChI=1S/C14H19ClF2N2O/c1-6-7(2)20-8(3)11(6)14(19-18)12-9(15)4-5-10(16)13(12)17/h4-8,11,14,19H,18H2,1-3H3. The van der Waals surface area contributed by atoms with Crippen molar-refractivity contribution in [3.8, 4) is 0 Å². The van der Waals surface area contributed by atoms with E-state index < -0.39 is 17.7 Å². The summed E-state index contributed by atoms with van der Waals surface area (Å²) >= 11 is 6.04. The normalized spacial score (nSPS) is 31.6. The van der Waals surface area contributed by atoms with Gasteiger partial charge in [0.05, 0.1) is 18.2 Å². The van der Waals surface area contributed by atoms with Crippen molar-refractivity contribution in [1.29, 1.82) is 0 Å². The average Bonchev–Trinajstić information content (AvgIpc) is 2.65. The second-order valence-corrected chi connectivity index (χ2v) is 5.79. The third-order valence-electron chi connectivity index (χ3n) is 4.27. The molecule has 0 aliphatic carbocycles. The number of nitrogens with two attached hydrogens (primary N) is 1. The quantitative estimate of drug-likeness (QED) is 0.512. The van der Waals surface area contributed by atoms with Crippen LogP contribution in [-0.4, -0.2) is 12.2 Å². The van der Waals surface area contributed by atoms with E-state index in [-0.39, 0.29) is 34.6 Å². The Labute approximate surface area is 122 Å². The number of rotatable bonds is 3. The molecule has 0 saturated carbocycles. The van der Waals surface area contributed by atoms with Crippen LogP contribution in [0.25, 0.3) is 0 Å². The lowest BCUT2D eigenvalue weighted by molar-refractivity contribution is 0.0473. The number of halogens is 3. The summed E-state index contributed by atoms with van der Waals surface area (Å²) in [6.45, 7) is 5.87. The van der Waals surface area contributed by atoms with E-state index in [9.17, 15) is 8.78 Å². The highest BCUT2D eigenvalue weighted by Gasteiger charge is 2.43. The molecule has 2 rings (SSSR count). The van der Waals surface area contributed by atoms with Crippen molar-refractivity contribution in [1.82, 2.24) is 5.43 Å². The third-order valence-corrected chi connectivity index (χ3v) is 4.60. The van der Waals surface area contributed by atoms with Crippen LogP contribution in [0.15, 0.2) is 12.1 Å². The van der Waals surface area contributed by atoms with Crippen molar-refractivity contribution in [2.24, 2.45) is 17.7 Å². The molecule has 0 spiro atoms. The Morgan fingerprint density at radius 3 is 2.40 bits per heavy atom. The Bertz CT molecular complexity index is 500. The Hall–Kier alpha value is -0.750. The first-order valence-electron chi connectivity index (χ1n) is 6.63. The fraction of sp³-hybridized carbons (Fsp3) is 0.571. The van der Waals surface area contributed by atoms with Crippen LogP contribution in [0.3, 0.4) is 0 Å². The average molecular weight is 305 g/mol. The van der Waals surface area contributed by atoms with Crippen LogP contribution in [0.1, 0.15) is 32.4 Å². The minimum Gasteiger partial charge on any atom is -0.375 e. The van der Waals surface area contributed by atoms with Crippen LogP contribution in [0.2, 0.25) is 5.02 Å². The molecule has 6 heteroatoms. The second kappa shape index (κ2) is 5.93. The molecule has 0 bridgehead atoms. The minimum absolute atomic E-state index is 0.0289. The molecule has 5 unspecified atom stereocenters. The van der Waals surface area contributed by atoms with Gasteiger partial charge in [-0.2, -0.15) is 0 Å².